The molecule has 0 atom stereocenters. The normalized spacial score (nSPS) is 17.9. The van der Waals surface area contributed by atoms with Crippen LogP contribution in [0.1, 0.15) is 37.8 Å². The van der Waals surface area contributed by atoms with E-state index in [1.54, 1.807) is 0 Å². The summed E-state index contributed by atoms with van der Waals surface area (Å²) in [6.45, 7) is 8.55. The van der Waals surface area contributed by atoms with Crippen molar-refractivity contribution in [3.05, 3.63) is 35.4 Å². The highest BCUT2D eigenvalue weighted by Crippen LogP contribution is 2.34. The Hall–Kier alpha value is -0.960. The number of aliphatic imine (C=N–C) groups is 1. The van der Waals surface area contributed by atoms with Crippen molar-refractivity contribution in [2.45, 2.75) is 40.2 Å². The van der Waals surface area contributed by atoms with Crippen LogP contribution in [0.25, 0.3) is 0 Å². The fourth-order valence-corrected chi connectivity index (χ4v) is 3.61. The molecule has 2 nitrogen and oxygen atoms in total. The van der Waals surface area contributed by atoms with Gasteiger partial charge in [-0.05, 0) is 30.7 Å². The SMILES string of the molecule is CCC1(CC)CN=C(NCc2cccc(C)c2)SC1. The van der Waals surface area contributed by atoms with Crippen LogP contribution in [0.5, 0.6) is 0 Å². The van der Waals surface area contributed by atoms with Gasteiger partial charge >= 0.3 is 0 Å². The van der Waals surface area contributed by atoms with Crippen molar-refractivity contribution in [3.63, 3.8) is 0 Å². The monoisotopic (exact) mass is 276 g/mol. The maximum absolute atomic E-state index is 4.73. The first-order valence-electron chi connectivity index (χ1n) is 7.14. The predicted molar refractivity (Wildman–Crippen MR) is 85.8 cm³/mol. The minimum Gasteiger partial charge on any atom is -0.361 e. The molecule has 104 valence electrons. The standard InChI is InChI=1S/C16H24N2S/c1-4-16(5-2)11-18-15(19-12-16)17-10-14-8-6-7-13(3)9-14/h6-9H,4-5,10-12H2,1-3H3,(H,17,18). The molecule has 0 bridgehead atoms. The number of hydrogen-bond acceptors (Lipinski definition) is 3. The van der Waals surface area contributed by atoms with E-state index in [0.29, 0.717) is 5.41 Å². The minimum atomic E-state index is 0.430. The van der Waals surface area contributed by atoms with E-state index in [2.05, 4.69) is 50.4 Å². The summed E-state index contributed by atoms with van der Waals surface area (Å²) in [6.07, 6.45) is 2.45. The Morgan fingerprint density at radius 2 is 2.11 bits per heavy atom. The summed E-state index contributed by atoms with van der Waals surface area (Å²) < 4.78 is 0. The van der Waals surface area contributed by atoms with Crippen LogP contribution in [-0.2, 0) is 6.54 Å². The zero-order chi connectivity index (χ0) is 13.7. The average Bonchev–Trinajstić information content (AvgIpc) is 2.46. The van der Waals surface area contributed by atoms with Crippen LogP contribution < -0.4 is 5.32 Å². The molecule has 0 aromatic heterocycles. The highest BCUT2D eigenvalue weighted by Gasteiger charge is 2.29. The molecule has 1 aliphatic heterocycles. The van der Waals surface area contributed by atoms with E-state index < -0.39 is 0 Å². The zero-order valence-electron chi connectivity index (χ0n) is 12.2. The van der Waals surface area contributed by atoms with Gasteiger partial charge in [-0.25, -0.2) is 0 Å². The van der Waals surface area contributed by atoms with Crippen molar-refractivity contribution in [2.24, 2.45) is 10.4 Å². The first-order valence-corrected chi connectivity index (χ1v) is 8.13. The molecule has 2 rings (SSSR count). The van der Waals surface area contributed by atoms with Crippen LogP contribution >= 0.6 is 11.8 Å². The second-order valence-corrected chi connectivity index (χ2v) is 6.42. The van der Waals surface area contributed by atoms with Crippen LogP contribution in [0.3, 0.4) is 0 Å². The number of nitrogens with zero attached hydrogens (tertiary/aromatic N) is 1. The van der Waals surface area contributed by atoms with Gasteiger partial charge in [0.2, 0.25) is 0 Å². The number of amidine groups is 1. The van der Waals surface area contributed by atoms with Crippen molar-refractivity contribution in [2.75, 3.05) is 12.3 Å². The summed E-state index contributed by atoms with van der Waals surface area (Å²) in [6, 6.07) is 8.63. The fraction of sp³-hybridized carbons (Fsp3) is 0.562. The third-order valence-corrected chi connectivity index (χ3v) is 5.40. The van der Waals surface area contributed by atoms with E-state index in [9.17, 15) is 0 Å². The Kier molecular flexibility index (Phi) is 4.92. The lowest BCUT2D eigenvalue weighted by Gasteiger charge is -2.33. The lowest BCUT2D eigenvalue weighted by molar-refractivity contribution is 0.318. The second-order valence-electron chi connectivity index (χ2n) is 5.46. The molecule has 1 N–H and O–H groups in total. The molecular formula is C16H24N2S. The van der Waals surface area contributed by atoms with E-state index in [1.165, 1.54) is 29.7 Å². The molecule has 1 aromatic rings. The third kappa shape index (κ3) is 3.75. The first kappa shape index (κ1) is 14.4. The first-order chi connectivity index (χ1) is 9.17. The highest BCUT2D eigenvalue weighted by atomic mass is 32.2. The molecule has 1 aliphatic rings. The Morgan fingerprint density at radius 3 is 2.68 bits per heavy atom. The fourth-order valence-electron chi connectivity index (χ4n) is 2.34. The topological polar surface area (TPSA) is 24.4 Å². The van der Waals surface area contributed by atoms with Crippen LogP contribution in [-0.4, -0.2) is 17.5 Å². The van der Waals surface area contributed by atoms with E-state index in [0.717, 1.165) is 18.3 Å². The van der Waals surface area contributed by atoms with Crippen molar-refractivity contribution in [1.82, 2.24) is 5.32 Å². The molecule has 3 heteroatoms. The van der Waals surface area contributed by atoms with Gasteiger partial charge in [0.05, 0.1) is 0 Å². The number of nitrogens with one attached hydrogen (secondary N) is 1. The van der Waals surface area contributed by atoms with Gasteiger partial charge in [0.25, 0.3) is 0 Å². The summed E-state index contributed by atoms with van der Waals surface area (Å²) in [5, 5.41) is 4.57. The number of rotatable bonds is 4. The van der Waals surface area contributed by atoms with E-state index in [4.69, 9.17) is 4.99 Å². The number of hydrogen-bond donors (Lipinski definition) is 1. The Labute approximate surface area is 121 Å². The molecule has 0 saturated carbocycles. The van der Waals surface area contributed by atoms with Gasteiger partial charge in [-0.15, -0.1) is 0 Å². The summed E-state index contributed by atoms with van der Waals surface area (Å²) in [5.41, 5.74) is 3.07. The maximum Gasteiger partial charge on any atom is 0.156 e. The van der Waals surface area contributed by atoms with Crippen molar-refractivity contribution < 1.29 is 0 Å². The second kappa shape index (κ2) is 6.47. The van der Waals surface area contributed by atoms with Crippen LogP contribution in [0.4, 0.5) is 0 Å². The van der Waals surface area contributed by atoms with Crippen molar-refractivity contribution in [1.29, 1.82) is 0 Å². The summed E-state index contributed by atoms with van der Waals surface area (Å²) in [4.78, 5) is 4.73. The van der Waals surface area contributed by atoms with Gasteiger partial charge in [0.1, 0.15) is 0 Å². The molecule has 0 radical (unpaired) electrons. The van der Waals surface area contributed by atoms with Gasteiger partial charge in [0, 0.05) is 18.8 Å². The zero-order valence-corrected chi connectivity index (χ0v) is 13.0. The molecule has 1 heterocycles. The highest BCUT2D eigenvalue weighted by molar-refractivity contribution is 8.13. The molecule has 0 amide bonds. The Morgan fingerprint density at radius 1 is 1.32 bits per heavy atom. The minimum absolute atomic E-state index is 0.430. The van der Waals surface area contributed by atoms with E-state index >= 15 is 0 Å². The van der Waals surface area contributed by atoms with Crippen LogP contribution in [0.2, 0.25) is 0 Å². The lowest BCUT2D eigenvalue weighted by Crippen LogP contribution is -2.34. The van der Waals surface area contributed by atoms with Crippen LogP contribution in [0, 0.1) is 12.3 Å². The van der Waals surface area contributed by atoms with Gasteiger partial charge in [-0.2, -0.15) is 0 Å². The van der Waals surface area contributed by atoms with Crippen molar-refractivity contribution >= 4 is 16.9 Å². The largest absolute Gasteiger partial charge is 0.361 e. The summed E-state index contributed by atoms with van der Waals surface area (Å²) in [7, 11) is 0. The van der Waals surface area contributed by atoms with Gasteiger partial charge in [-0.1, -0.05) is 55.4 Å². The number of benzene rings is 1. The third-order valence-electron chi connectivity index (χ3n) is 4.10. The number of aryl methyl sites for hydroxylation is 1. The average molecular weight is 276 g/mol. The van der Waals surface area contributed by atoms with Gasteiger partial charge in [-0.3, -0.25) is 4.99 Å². The molecule has 0 aliphatic carbocycles. The van der Waals surface area contributed by atoms with E-state index in [-0.39, 0.29) is 0 Å². The smallest absolute Gasteiger partial charge is 0.156 e. The van der Waals surface area contributed by atoms with E-state index in [1.807, 2.05) is 11.8 Å². The van der Waals surface area contributed by atoms with Crippen LogP contribution in [0.15, 0.2) is 29.3 Å². The molecule has 19 heavy (non-hydrogen) atoms. The quantitative estimate of drug-likeness (QED) is 0.899. The maximum atomic E-state index is 4.73. The summed E-state index contributed by atoms with van der Waals surface area (Å²) >= 11 is 1.88. The van der Waals surface area contributed by atoms with Crippen molar-refractivity contribution in [3.8, 4) is 0 Å². The molecule has 0 unspecified atom stereocenters. The molecule has 0 spiro atoms. The molecular weight excluding hydrogens is 252 g/mol. The molecule has 0 saturated heterocycles. The Balaban J connectivity index is 1.90. The molecule has 0 fully saturated rings. The van der Waals surface area contributed by atoms with Gasteiger partial charge < -0.3 is 5.32 Å². The predicted octanol–water partition coefficient (Wildman–Crippen LogP) is 3.99. The summed E-state index contributed by atoms with van der Waals surface area (Å²) in [5.74, 6) is 1.19. The Bertz CT molecular complexity index is 450. The lowest BCUT2D eigenvalue weighted by atomic mass is 9.84. The number of thioether (sulfide) groups is 1. The molecule has 1 aromatic carbocycles. The van der Waals surface area contributed by atoms with Gasteiger partial charge in [0.15, 0.2) is 5.17 Å².